The van der Waals surface area contributed by atoms with Crippen LogP contribution in [0.25, 0.3) is 0 Å². The van der Waals surface area contributed by atoms with Crippen molar-refractivity contribution in [3.05, 3.63) is 23.8 Å². The van der Waals surface area contributed by atoms with Crippen molar-refractivity contribution in [3.63, 3.8) is 0 Å². The Kier molecular flexibility index (Phi) is 10.1. The van der Waals surface area contributed by atoms with Gasteiger partial charge in [-0.15, -0.1) is 0 Å². The van der Waals surface area contributed by atoms with Crippen LogP contribution in [-0.4, -0.2) is 37.6 Å². The lowest BCUT2D eigenvalue weighted by Gasteiger charge is -2.41. The van der Waals surface area contributed by atoms with Crippen LogP contribution in [0.1, 0.15) is 67.8 Å². The van der Waals surface area contributed by atoms with E-state index in [2.05, 4.69) is 41.5 Å². The summed E-state index contributed by atoms with van der Waals surface area (Å²) in [5.41, 5.74) is 6.00. The monoisotopic (exact) mass is 383 g/mol. The number of nitrogens with two attached hydrogens (primary N) is 1. The molecule has 0 amide bonds. The zero-order chi connectivity index (χ0) is 20.3. The molecule has 5 heteroatoms. The zero-order valence-electron chi connectivity index (χ0n) is 18.1. The number of hydrogen-bond acceptors (Lipinski definition) is 5. The smallest absolute Gasteiger partial charge is 0.161 e. The summed E-state index contributed by atoms with van der Waals surface area (Å²) in [7, 11) is 0. The van der Waals surface area contributed by atoms with Crippen molar-refractivity contribution in [1.29, 1.82) is 0 Å². The fourth-order valence-electron chi connectivity index (χ4n) is 2.40. The Bertz CT molecular complexity index is 549. The molecule has 2 N–H and O–H groups in total. The molecule has 0 bridgehead atoms. The molecular weight excluding hydrogens is 342 g/mol. The summed E-state index contributed by atoms with van der Waals surface area (Å²) in [6.45, 7) is 15.4. The van der Waals surface area contributed by atoms with Crippen LogP contribution in [0.4, 0.5) is 0 Å². The maximum absolute atomic E-state index is 6.07. The Morgan fingerprint density at radius 3 is 1.81 bits per heavy atom. The summed E-state index contributed by atoms with van der Waals surface area (Å²) in [5, 5.41) is 0. The van der Waals surface area contributed by atoms with E-state index in [9.17, 15) is 0 Å². The third-order valence-corrected chi connectivity index (χ3v) is 4.71. The molecule has 158 valence electrons. The largest absolute Gasteiger partial charge is 0.490 e. The second-order valence-corrected chi connectivity index (χ2v) is 7.81. The lowest BCUT2D eigenvalue weighted by Crippen LogP contribution is -2.50. The van der Waals surface area contributed by atoms with Crippen LogP contribution in [0.5, 0.6) is 11.5 Å². The fraction of sp³-hybridized carbons (Fsp3) is 0.727. The number of hydrogen-bond donors (Lipinski definition) is 1. The highest BCUT2D eigenvalue weighted by atomic mass is 16.6. The highest BCUT2D eigenvalue weighted by molar-refractivity contribution is 5.43. The summed E-state index contributed by atoms with van der Waals surface area (Å²) >= 11 is 0. The Balaban J connectivity index is 0.00000171. The van der Waals surface area contributed by atoms with Crippen molar-refractivity contribution >= 4 is 0 Å². The van der Waals surface area contributed by atoms with Crippen LogP contribution in [0, 0.1) is 0 Å². The van der Waals surface area contributed by atoms with E-state index < -0.39 is 0 Å². The summed E-state index contributed by atoms with van der Waals surface area (Å²) in [6.07, 6.45) is 2.85. The van der Waals surface area contributed by atoms with Gasteiger partial charge < -0.3 is 24.7 Å². The molecule has 0 fully saturated rings. The highest BCUT2D eigenvalue weighted by Crippen LogP contribution is 2.31. The van der Waals surface area contributed by atoms with Gasteiger partial charge in [-0.25, -0.2) is 0 Å². The SMILES string of the molecule is CC1(C)OCCCOc2ccc(CN)cc2OCCCOC1(C)C.CCC.[HH]. The van der Waals surface area contributed by atoms with Crippen molar-refractivity contribution in [1.82, 2.24) is 0 Å². The van der Waals surface area contributed by atoms with Crippen LogP contribution in [0.15, 0.2) is 18.2 Å². The van der Waals surface area contributed by atoms with E-state index in [1.807, 2.05) is 18.2 Å². The topological polar surface area (TPSA) is 62.9 Å². The molecule has 27 heavy (non-hydrogen) atoms. The first-order valence-electron chi connectivity index (χ1n) is 10.1. The van der Waals surface area contributed by atoms with E-state index >= 15 is 0 Å². The van der Waals surface area contributed by atoms with Gasteiger partial charge in [0.25, 0.3) is 0 Å². The first kappa shape index (κ1) is 23.7. The van der Waals surface area contributed by atoms with Crippen molar-refractivity contribution < 1.29 is 20.4 Å². The van der Waals surface area contributed by atoms with Crippen LogP contribution in [0.2, 0.25) is 0 Å². The minimum absolute atomic E-state index is 0. The molecule has 0 atom stereocenters. The Morgan fingerprint density at radius 1 is 0.852 bits per heavy atom. The van der Waals surface area contributed by atoms with Gasteiger partial charge in [0.1, 0.15) is 0 Å². The van der Waals surface area contributed by atoms with Gasteiger partial charge in [0.15, 0.2) is 11.5 Å². The number of fused-ring (bicyclic) bond motifs is 1. The molecule has 0 aliphatic carbocycles. The molecule has 0 saturated carbocycles. The van der Waals surface area contributed by atoms with Crippen molar-refractivity contribution in [3.8, 4) is 11.5 Å². The van der Waals surface area contributed by atoms with Crippen molar-refractivity contribution in [2.45, 2.75) is 78.6 Å². The Hall–Kier alpha value is -1.30. The molecule has 1 aromatic rings. The molecule has 1 aromatic carbocycles. The second kappa shape index (κ2) is 11.5. The quantitative estimate of drug-likeness (QED) is 0.743. The van der Waals surface area contributed by atoms with Crippen molar-refractivity contribution in [2.24, 2.45) is 5.73 Å². The van der Waals surface area contributed by atoms with Gasteiger partial charge in [0.05, 0.1) is 37.6 Å². The standard InChI is InChI=1S/C19H31NO4.C3H8.H2/c1-18(2)19(3,4)24-12-6-10-22-17-13-15(14-20)7-8-16(17)21-9-5-11-23-18;1-3-2;/h7-8,13H,5-6,9-12,14,20H2,1-4H3;3H2,1-2H3;1H. The van der Waals surface area contributed by atoms with E-state index in [1.54, 1.807) is 0 Å². The first-order valence-corrected chi connectivity index (χ1v) is 10.1. The summed E-state index contributed by atoms with van der Waals surface area (Å²) in [6, 6.07) is 5.84. The molecule has 2 rings (SSSR count). The maximum atomic E-state index is 6.07. The first-order chi connectivity index (χ1) is 12.8. The van der Waals surface area contributed by atoms with Crippen LogP contribution >= 0.6 is 0 Å². The van der Waals surface area contributed by atoms with Gasteiger partial charge in [0, 0.05) is 20.8 Å². The number of rotatable bonds is 1. The minimum atomic E-state index is -0.372. The van der Waals surface area contributed by atoms with Gasteiger partial charge in [-0.05, 0) is 45.4 Å². The molecule has 0 radical (unpaired) electrons. The van der Waals surface area contributed by atoms with E-state index in [0.717, 1.165) is 29.9 Å². The van der Waals surface area contributed by atoms with Crippen LogP contribution < -0.4 is 15.2 Å². The predicted molar refractivity (Wildman–Crippen MR) is 113 cm³/mol. The molecule has 5 nitrogen and oxygen atoms in total. The van der Waals surface area contributed by atoms with Gasteiger partial charge in [-0.1, -0.05) is 26.3 Å². The van der Waals surface area contributed by atoms with E-state index in [0.29, 0.717) is 33.0 Å². The number of benzene rings is 1. The predicted octanol–water partition coefficient (Wildman–Crippen LogP) is 4.95. The van der Waals surface area contributed by atoms with Crippen LogP contribution in [0.3, 0.4) is 0 Å². The second-order valence-electron chi connectivity index (χ2n) is 7.81. The van der Waals surface area contributed by atoms with Crippen LogP contribution in [-0.2, 0) is 16.0 Å². The average Bonchev–Trinajstić information content (AvgIpc) is 2.61. The van der Waals surface area contributed by atoms with E-state index in [4.69, 9.17) is 24.7 Å². The average molecular weight is 384 g/mol. The van der Waals surface area contributed by atoms with Gasteiger partial charge in [-0.3, -0.25) is 0 Å². The molecule has 0 aromatic heterocycles. The van der Waals surface area contributed by atoms with E-state index in [-0.39, 0.29) is 12.6 Å². The third kappa shape index (κ3) is 7.68. The highest BCUT2D eigenvalue weighted by Gasteiger charge is 2.38. The van der Waals surface area contributed by atoms with Gasteiger partial charge in [-0.2, -0.15) is 0 Å². The van der Waals surface area contributed by atoms with Crippen molar-refractivity contribution in [2.75, 3.05) is 26.4 Å². The lowest BCUT2D eigenvalue weighted by molar-refractivity contribution is -0.178. The summed E-state index contributed by atoms with van der Waals surface area (Å²) in [5.74, 6) is 1.50. The molecule has 0 unspecified atom stereocenters. The molecule has 1 heterocycles. The third-order valence-electron chi connectivity index (χ3n) is 4.71. The maximum Gasteiger partial charge on any atom is 0.161 e. The molecule has 0 spiro atoms. The molecular formula is C22H41NO4. The normalized spacial score (nSPS) is 20.0. The Labute approximate surface area is 167 Å². The Morgan fingerprint density at radius 2 is 1.33 bits per heavy atom. The molecule has 0 saturated heterocycles. The molecule has 1 aliphatic rings. The summed E-state index contributed by atoms with van der Waals surface area (Å²) < 4.78 is 23.9. The lowest BCUT2D eigenvalue weighted by atomic mass is 9.89. The molecule has 1 aliphatic heterocycles. The van der Waals surface area contributed by atoms with Gasteiger partial charge >= 0.3 is 0 Å². The fourth-order valence-corrected chi connectivity index (χ4v) is 2.40. The number of ether oxygens (including phenoxy) is 4. The van der Waals surface area contributed by atoms with Gasteiger partial charge in [0.2, 0.25) is 0 Å². The van der Waals surface area contributed by atoms with E-state index in [1.165, 1.54) is 6.42 Å². The summed E-state index contributed by atoms with van der Waals surface area (Å²) in [4.78, 5) is 0. The zero-order valence-corrected chi connectivity index (χ0v) is 18.1. The minimum Gasteiger partial charge on any atom is -0.490 e.